The molecule has 1 amide bonds. The number of likely N-dealkylation sites (tertiary alicyclic amines) is 1. The van der Waals surface area contributed by atoms with Crippen molar-refractivity contribution in [2.24, 2.45) is 5.92 Å². The molecule has 0 aromatic heterocycles. The number of nitrogens with zero attached hydrogens (tertiary/aromatic N) is 1. The smallest absolute Gasteiger partial charge is 0.223 e. The lowest BCUT2D eigenvalue weighted by molar-refractivity contribution is -0.127. The van der Waals surface area contributed by atoms with E-state index in [-0.39, 0.29) is 17.9 Å². The minimum Gasteiger partial charge on any atom is -0.353 e. The molecule has 3 heteroatoms. The van der Waals surface area contributed by atoms with Crippen molar-refractivity contribution in [3.8, 4) is 0 Å². The molecule has 3 rings (SSSR count). The molecule has 1 fully saturated rings. The predicted molar refractivity (Wildman–Crippen MR) is 107 cm³/mol. The molecule has 2 aromatic rings. The van der Waals surface area contributed by atoms with Gasteiger partial charge in [-0.25, -0.2) is 0 Å². The Morgan fingerprint density at radius 2 is 1.58 bits per heavy atom. The monoisotopic (exact) mass is 350 g/mol. The van der Waals surface area contributed by atoms with Gasteiger partial charge < -0.3 is 5.32 Å². The van der Waals surface area contributed by atoms with E-state index in [2.05, 4.69) is 71.7 Å². The minimum atomic E-state index is 0.168. The van der Waals surface area contributed by atoms with Gasteiger partial charge in [0.25, 0.3) is 0 Å². The molecule has 0 spiro atoms. The number of carbonyl (C=O) groups is 1. The third-order valence-corrected chi connectivity index (χ3v) is 5.30. The van der Waals surface area contributed by atoms with Crippen molar-refractivity contribution in [2.75, 3.05) is 13.1 Å². The molecule has 0 saturated carbocycles. The highest BCUT2D eigenvalue weighted by Crippen LogP contribution is 2.19. The van der Waals surface area contributed by atoms with E-state index in [4.69, 9.17) is 0 Å². The van der Waals surface area contributed by atoms with Crippen LogP contribution in [0.15, 0.2) is 60.7 Å². The summed E-state index contributed by atoms with van der Waals surface area (Å²) < 4.78 is 0. The molecule has 0 unspecified atom stereocenters. The highest BCUT2D eigenvalue weighted by Gasteiger charge is 2.25. The SMILES string of the molecule is C[C@@H](CCc1ccccc1)NC(=O)C1CCN(Cc2ccccc2)CC1. The van der Waals surface area contributed by atoms with Crippen LogP contribution in [0.5, 0.6) is 0 Å². The lowest BCUT2D eigenvalue weighted by Gasteiger charge is -2.32. The van der Waals surface area contributed by atoms with Gasteiger partial charge >= 0.3 is 0 Å². The average Bonchev–Trinajstić information content (AvgIpc) is 2.68. The van der Waals surface area contributed by atoms with Crippen molar-refractivity contribution in [1.29, 1.82) is 0 Å². The second kappa shape index (κ2) is 9.54. The van der Waals surface area contributed by atoms with Gasteiger partial charge in [-0.3, -0.25) is 9.69 Å². The first-order valence-corrected chi connectivity index (χ1v) is 9.81. The van der Waals surface area contributed by atoms with Crippen LogP contribution < -0.4 is 5.32 Å². The number of hydrogen-bond donors (Lipinski definition) is 1. The summed E-state index contributed by atoms with van der Waals surface area (Å²) in [5.41, 5.74) is 2.69. The van der Waals surface area contributed by atoms with Crippen molar-refractivity contribution in [2.45, 2.75) is 45.2 Å². The Labute approximate surface area is 157 Å². The number of hydrogen-bond acceptors (Lipinski definition) is 2. The van der Waals surface area contributed by atoms with Gasteiger partial charge in [0.2, 0.25) is 5.91 Å². The largest absolute Gasteiger partial charge is 0.353 e. The van der Waals surface area contributed by atoms with E-state index in [1.165, 1.54) is 11.1 Å². The van der Waals surface area contributed by atoms with Crippen molar-refractivity contribution < 1.29 is 4.79 Å². The van der Waals surface area contributed by atoms with E-state index in [1.807, 2.05) is 6.07 Å². The van der Waals surface area contributed by atoms with Crippen molar-refractivity contribution in [1.82, 2.24) is 10.2 Å². The molecular formula is C23H30N2O. The Balaban J connectivity index is 1.37. The maximum atomic E-state index is 12.6. The fourth-order valence-corrected chi connectivity index (χ4v) is 3.66. The molecule has 3 nitrogen and oxygen atoms in total. The maximum Gasteiger partial charge on any atom is 0.223 e. The lowest BCUT2D eigenvalue weighted by atomic mass is 9.95. The summed E-state index contributed by atoms with van der Waals surface area (Å²) in [6.45, 7) is 5.12. The Bertz CT molecular complexity index is 663. The summed E-state index contributed by atoms with van der Waals surface area (Å²) in [4.78, 5) is 15.0. The molecule has 0 radical (unpaired) electrons. The van der Waals surface area contributed by atoms with Crippen LogP contribution in [-0.4, -0.2) is 29.9 Å². The van der Waals surface area contributed by atoms with Gasteiger partial charge in [-0.15, -0.1) is 0 Å². The first kappa shape index (κ1) is 18.7. The van der Waals surface area contributed by atoms with E-state index in [0.29, 0.717) is 0 Å². The van der Waals surface area contributed by atoms with E-state index >= 15 is 0 Å². The predicted octanol–water partition coefficient (Wildman–Crippen LogP) is 4.04. The highest BCUT2D eigenvalue weighted by atomic mass is 16.1. The molecule has 0 bridgehead atoms. The fourth-order valence-electron chi connectivity index (χ4n) is 3.66. The van der Waals surface area contributed by atoms with Gasteiger partial charge in [0.05, 0.1) is 0 Å². The molecule has 2 aromatic carbocycles. The van der Waals surface area contributed by atoms with Crippen LogP contribution in [0.25, 0.3) is 0 Å². The van der Waals surface area contributed by atoms with Crippen LogP contribution >= 0.6 is 0 Å². The fraction of sp³-hybridized carbons (Fsp3) is 0.435. The third-order valence-electron chi connectivity index (χ3n) is 5.30. The normalized spacial score (nSPS) is 17.0. The first-order valence-electron chi connectivity index (χ1n) is 9.81. The third kappa shape index (κ3) is 5.70. The number of carbonyl (C=O) groups excluding carboxylic acids is 1. The van der Waals surface area contributed by atoms with Gasteiger partial charge in [0.15, 0.2) is 0 Å². The highest BCUT2D eigenvalue weighted by molar-refractivity contribution is 5.79. The van der Waals surface area contributed by atoms with Crippen molar-refractivity contribution in [3.05, 3.63) is 71.8 Å². The zero-order valence-electron chi connectivity index (χ0n) is 15.7. The molecular weight excluding hydrogens is 320 g/mol. The molecule has 1 aliphatic heterocycles. The van der Waals surface area contributed by atoms with E-state index in [0.717, 1.165) is 45.3 Å². The van der Waals surface area contributed by atoms with Gasteiger partial charge in [0.1, 0.15) is 0 Å². The molecule has 1 heterocycles. The topological polar surface area (TPSA) is 32.3 Å². The van der Waals surface area contributed by atoms with Gasteiger partial charge in [0, 0.05) is 18.5 Å². The molecule has 1 aliphatic rings. The molecule has 138 valence electrons. The summed E-state index contributed by atoms with van der Waals surface area (Å²) in [7, 11) is 0. The standard InChI is InChI=1S/C23H30N2O/c1-19(12-13-20-8-4-2-5-9-20)24-23(26)22-14-16-25(17-15-22)18-21-10-6-3-7-11-21/h2-11,19,22H,12-18H2,1H3,(H,24,26)/t19-/m0/s1. The van der Waals surface area contributed by atoms with Crippen LogP contribution in [0.2, 0.25) is 0 Å². The Hall–Kier alpha value is -2.13. The number of piperidine rings is 1. The molecule has 26 heavy (non-hydrogen) atoms. The number of nitrogens with one attached hydrogen (secondary N) is 1. The van der Waals surface area contributed by atoms with Gasteiger partial charge in [-0.2, -0.15) is 0 Å². The number of rotatable bonds is 7. The Kier molecular flexibility index (Phi) is 6.84. The van der Waals surface area contributed by atoms with Crippen LogP contribution in [0.1, 0.15) is 37.3 Å². The second-order valence-corrected chi connectivity index (χ2v) is 7.47. The van der Waals surface area contributed by atoms with Crippen LogP contribution in [0.4, 0.5) is 0 Å². The number of amides is 1. The zero-order valence-corrected chi connectivity index (χ0v) is 15.7. The summed E-state index contributed by atoms with van der Waals surface area (Å²) in [5, 5.41) is 3.23. The summed E-state index contributed by atoms with van der Waals surface area (Å²) >= 11 is 0. The van der Waals surface area contributed by atoms with E-state index < -0.39 is 0 Å². The maximum absolute atomic E-state index is 12.6. The summed E-state index contributed by atoms with van der Waals surface area (Å²) in [5.74, 6) is 0.408. The Morgan fingerprint density at radius 1 is 1.00 bits per heavy atom. The van der Waals surface area contributed by atoms with Crippen LogP contribution in [0, 0.1) is 5.92 Å². The molecule has 1 N–H and O–H groups in total. The number of benzene rings is 2. The second-order valence-electron chi connectivity index (χ2n) is 7.47. The molecule has 1 atom stereocenters. The Morgan fingerprint density at radius 3 is 2.19 bits per heavy atom. The molecule has 1 saturated heterocycles. The van der Waals surface area contributed by atoms with Gasteiger partial charge in [-0.05, 0) is 56.8 Å². The van der Waals surface area contributed by atoms with Crippen molar-refractivity contribution >= 4 is 5.91 Å². The lowest BCUT2D eigenvalue weighted by Crippen LogP contribution is -2.43. The van der Waals surface area contributed by atoms with E-state index in [9.17, 15) is 4.79 Å². The van der Waals surface area contributed by atoms with Crippen LogP contribution in [-0.2, 0) is 17.8 Å². The van der Waals surface area contributed by atoms with E-state index in [1.54, 1.807) is 0 Å². The first-order chi connectivity index (χ1) is 12.7. The van der Waals surface area contributed by atoms with Crippen molar-refractivity contribution in [3.63, 3.8) is 0 Å². The minimum absolute atomic E-state index is 0.168. The zero-order chi connectivity index (χ0) is 18.2. The van der Waals surface area contributed by atoms with Crippen LogP contribution in [0.3, 0.4) is 0 Å². The summed E-state index contributed by atoms with van der Waals surface area (Å²) in [6, 6.07) is 21.3. The quantitative estimate of drug-likeness (QED) is 0.817. The van der Waals surface area contributed by atoms with Gasteiger partial charge in [-0.1, -0.05) is 60.7 Å². The average molecular weight is 351 g/mol. The molecule has 0 aliphatic carbocycles. The number of aryl methyl sites for hydroxylation is 1. The summed E-state index contributed by atoms with van der Waals surface area (Å²) in [6.07, 6.45) is 3.93.